The van der Waals surface area contributed by atoms with Crippen molar-refractivity contribution in [2.24, 2.45) is 0 Å². The van der Waals surface area contributed by atoms with E-state index < -0.39 is 16.0 Å². The van der Waals surface area contributed by atoms with Gasteiger partial charge in [0.25, 0.3) is 0 Å². The molecule has 5 heteroatoms. The molecule has 0 radical (unpaired) electrons. The van der Waals surface area contributed by atoms with Gasteiger partial charge in [0.1, 0.15) is 5.25 Å². The molecule has 19 heavy (non-hydrogen) atoms. The molecule has 0 saturated heterocycles. The lowest BCUT2D eigenvalue weighted by Crippen LogP contribution is -2.46. The third-order valence-corrected chi connectivity index (χ3v) is 4.24. The average molecular weight is 282 g/mol. The normalized spacial score (nSPS) is 14.8. The molecule has 2 unspecified atom stereocenters. The quantitative estimate of drug-likeness (QED) is 0.833. The molecule has 2 atom stereocenters. The highest BCUT2D eigenvalue weighted by Gasteiger charge is 2.25. The second-order valence-electron chi connectivity index (χ2n) is 5.70. The molecule has 3 N–H and O–H groups in total. The number of hydrogen-bond acceptors (Lipinski definition) is 3. The first-order valence-corrected chi connectivity index (χ1v) is 7.42. The molecule has 0 fully saturated rings. The van der Waals surface area contributed by atoms with Crippen molar-refractivity contribution in [2.45, 2.75) is 50.3 Å². The Morgan fingerprint density at radius 2 is 1.95 bits per heavy atom. The molecular weight excluding hydrogens is 260 g/mol. The van der Waals surface area contributed by atoms with Crippen LogP contribution in [0.5, 0.6) is 0 Å². The van der Waals surface area contributed by atoms with Crippen molar-refractivity contribution in [3.05, 3.63) is 23.8 Å². The Morgan fingerprint density at radius 3 is 2.42 bits per heavy atom. The fraction of sp³-hybridized carbons (Fsp3) is 0.500. The molecule has 1 aromatic carbocycles. The van der Waals surface area contributed by atoms with E-state index in [4.69, 9.17) is 5.73 Å². The van der Waals surface area contributed by atoms with Gasteiger partial charge < -0.3 is 11.1 Å². The zero-order chi connectivity index (χ0) is 14.8. The van der Waals surface area contributed by atoms with Crippen molar-refractivity contribution in [2.75, 3.05) is 5.73 Å². The SMILES string of the molecule is Cc1cc(S(=O)C(C)C(=O)NC(C)(C)C)ccc1N. The summed E-state index contributed by atoms with van der Waals surface area (Å²) in [6, 6.07) is 5.20. The zero-order valence-corrected chi connectivity index (χ0v) is 12.9. The largest absolute Gasteiger partial charge is 0.399 e. The first-order valence-electron chi connectivity index (χ1n) is 6.20. The Balaban J connectivity index is 2.87. The summed E-state index contributed by atoms with van der Waals surface area (Å²) in [6.07, 6.45) is 0. The minimum Gasteiger partial charge on any atom is -0.399 e. The Kier molecular flexibility index (Phi) is 4.74. The number of hydrogen-bond donors (Lipinski definition) is 2. The number of anilines is 1. The summed E-state index contributed by atoms with van der Waals surface area (Å²) in [4.78, 5) is 12.6. The molecule has 0 aliphatic rings. The van der Waals surface area contributed by atoms with Crippen LogP contribution >= 0.6 is 0 Å². The number of aryl methyl sites for hydroxylation is 1. The number of nitrogen functional groups attached to an aromatic ring is 1. The average Bonchev–Trinajstić information content (AvgIpc) is 2.28. The molecule has 0 bridgehead atoms. The second-order valence-corrected chi connectivity index (χ2v) is 7.47. The number of rotatable bonds is 3. The predicted octanol–water partition coefficient (Wildman–Crippen LogP) is 1.99. The van der Waals surface area contributed by atoms with Gasteiger partial charge in [0.2, 0.25) is 5.91 Å². The van der Waals surface area contributed by atoms with E-state index in [1.807, 2.05) is 27.7 Å². The van der Waals surface area contributed by atoms with Crippen LogP contribution in [-0.2, 0) is 15.6 Å². The van der Waals surface area contributed by atoms with Crippen LogP contribution < -0.4 is 11.1 Å². The van der Waals surface area contributed by atoms with Crippen molar-refractivity contribution in [3.8, 4) is 0 Å². The number of carbonyl (C=O) groups excluding carboxylic acids is 1. The molecule has 0 aromatic heterocycles. The highest BCUT2D eigenvalue weighted by atomic mass is 32.2. The summed E-state index contributed by atoms with van der Waals surface area (Å²) in [5, 5.41) is 2.24. The molecule has 0 heterocycles. The third-order valence-electron chi connectivity index (χ3n) is 2.66. The molecular formula is C14H22N2O2S. The molecule has 0 saturated carbocycles. The van der Waals surface area contributed by atoms with Crippen molar-refractivity contribution >= 4 is 22.4 Å². The molecule has 1 aromatic rings. The summed E-state index contributed by atoms with van der Waals surface area (Å²) < 4.78 is 12.3. The third kappa shape index (κ3) is 4.35. The lowest BCUT2D eigenvalue weighted by Gasteiger charge is -2.23. The lowest BCUT2D eigenvalue weighted by molar-refractivity contribution is -0.121. The Morgan fingerprint density at radius 1 is 1.37 bits per heavy atom. The topological polar surface area (TPSA) is 72.2 Å². The van der Waals surface area contributed by atoms with Gasteiger partial charge >= 0.3 is 0 Å². The first-order chi connectivity index (χ1) is 8.61. The van der Waals surface area contributed by atoms with E-state index >= 15 is 0 Å². The van der Waals surface area contributed by atoms with Crippen LogP contribution in [0.1, 0.15) is 33.3 Å². The maximum Gasteiger partial charge on any atom is 0.236 e. The molecule has 0 spiro atoms. The first kappa shape index (κ1) is 15.7. The summed E-state index contributed by atoms with van der Waals surface area (Å²) in [5.41, 5.74) is 6.93. The van der Waals surface area contributed by atoms with Crippen LogP contribution in [0.15, 0.2) is 23.1 Å². The van der Waals surface area contributed by atoms with Crippen molar-refractivity contribution < 1.29 is 9.00 Å². The Hall–Kier alpha value is -1.36. The number of nitrogens with one attached hydrogen (secondary N) is 1. The van der Waals surface area contributed by atoms with E-state index in [9.17, 15) is 9.00 Å². The summed E-state index contributed by atoms with van der Waals surface area (Å²) in [6.45, 7) is 9.22. The molecule has 0 aliphatic carbocycles. The number of benzene rings is 1. The summed E-state index contributed by atoms with van der Waals surface area (Å²) >= 11 is 0. The van der Waals surface area contributed by atoms with Crippen molar-refractivity contribution in [3.63, 3.8) is 0 Å². The highest BCUT2D eigenvalue weighted by Crippen LogP contribution is 2.18. The van der Waals surface area contributed by atoms with Crippen LogP contribution in [0.4, 0.5) is 5.69 Å². The van der Waals surface area contributed by atoms with Gasteiger partial charge in [0.05, 0.1) is 10.8 Å². The monoisotopic (exact) mass is 282 g/mol. The zero-order valence-electron chi connectivity index (χ0n) is 12.1. The number of nitrogens with two attached hydrogens (primary N) is 1. The maximum atomic E-state index is 12.3. The van der Waals surface area contributed by atoms with Crippen LogP contribution in [0.2, 0.25) is 0 Å². The molecule has 1 amide bonds. The maximum absolute atomic E-state index is 12.3. The van der Waals surface area contributed by atoms with E-state index in [1.165, 1.54) is 0 Å². The van der Waals surface area contributed by atoms with Gasteiger partial charge in [-0.25, -0.2) is 0 Å². The smallest absolute Gasteiger partial charge is 0.236 e. The summed E-state index contributed by atoms with van der Waals surface area (Å²) in [5.74, 6) is -0.208. The van der Waals surface area contributed by atoms with E-state index in [0.29, 0.717) is 10.6 Å². The molecule has 106 valence electrons. The van der Waals surface area contributed by atoms with Gasteiger partial charge in [-0.15, -0.1) is 0 Å². The molecule has 0 aliphatic heterocycles. The van der Waals surface area contributed by atoms with E-state index in [-0.39, 0.29) is 11.4 Å². The second kappa shape index (κ2) is 5.74. The van der Waals surface area contributed by atoms with Crippen LogP contribution in [-0.4, -0.2) is 20.9 Å². The van der Waals surface area contributed by atoms with Gasteiger partial charge in [-0.05, 0) is 58.4 Å². The molecule has 4 nitrogen and oxygen atoms in total. The van der Waals surface area contributed by atoms with Gasteiger partial charge in [0, 0.05) is 16.1 Å². The fourth-order valence-electron chi connectivity index (χ4n) is 1.55. The Labute approximate surface area is 117 Å². The fourth-order valence-corrected chi connectivity index (χ4v) is 2.70. The van der Waals surface area contributed by atoms with Gasteiger partial charge in [-0.1, -0.05) is 0 Å². The predicted molar refractivity (Wildman–Crippen MR) is 79.4 cm³/mol. The summed E-state index contributed by atoms with van der Waals surface area (Å²) in [7, 11) is -1.38. The van der Waals surface area contributed by atoms with Crippen LogP contribution in [0.3, 0.4) is 0 Å². The Bertz CT molecular complexity index is 507. The van der Waals surface area contributed by atoms with Crippen molar-refractivity contribution in [1.29, 1.82) is 0 Å². The minimum atomic E-state index is -1.38. The van der Waals surface area contributed by atoms with Crippen LogP contribution in [0, 0.1) is 6.92 Å². The van der Waals surface area contributed by atoms with E-state index in [1.54, 1.807) is 25.1 Å². The standard InChI is InChI=1S/C14H22N2O2S/c1-9-8-11(6-7-12(9)15)19(18)10(2)13(17)16-14(3,4)5/h6-8,10H,15H2,1-5H3,(H,16,17). The van der Waals surface area contributed by atoms with Gasteiger partial charge in [0.15, 0.2) is 0 Å². The van der Waals surface area contributed by atoms with E-state index in [0.717, 1.165) is 5.56 Å². The van der Waals surface area contributed by atoms with Crippen molar-refractivity contribution in [1.82, 2.24) is 5.32 Å². The van der Waals surface area contributed by atoms with Gasteiger partial charge in [-0.3, -0.25) is 9.00 Å². The van der Waals surface area contributed by atoms with Gasteiger partial charge in [-0.2, -0.15) is 0 Å². The van der Waals surface area contributed by atoms with Crippen LogP contribution in [0.25, 0.3) is 0 Å². The number of carbonyl (C=O) groups is 1. The molecule has 1 rings (SSSR count). The minimum absolute atomic E-state index is 0.208. The van der Waals surface area contributed by atoms with E-state index in [2.05, 4.69) is 5.32 Å². The lowest BCUT2D eigenvalue weighted by atomic mass is 10.1. The highest BCUT2D eigenvalue weighted by molar-refractivity contribution is 7.86. The number of amides is 1.